The molecule has 7 nitrogen and oxygen atoms in total. The average Bonchev–Trinajstić information content (AvgIpc) is 3.16. The number of alkyl halides is 6. The van der Waals surface area contributed by atoms with E-state index in [2.05, 4.69) is 4.74 Å². The molecule has 1 aliphatic carbocycles. The number of esters is 2. The van der Waals surface area contributed by atoms with Crippen LogP contribution in [0, 0.1) is 3.57 Å². The average molecular weight is 699 g/mol. The van der Waals surface area contributed by atoms with Crippen LogP contribution in [0.5, 0.6) is 5.75 Å². The summed E-state index contributed by atoms with van der Waals surface area (Å²) in [6.07, 6.45) is -13.1. The minimum absolute atomic E-state index is 0.268. The van der Waals surface area contributed by atoms with Crippen molar-refractivity contribution in [3.8, 4) is 16.9 Å². The third-order valence-corrected chi connectivity index (χ3v) is 7.44. The van der Waals surface area contributed by atoms with Crippen molar-refractivity contribution in [2.24, 2.45) is 0 Å². The summed E-state index contributed by atoms with van der Waals surface area (Å²) in [5, 5.41) is 0. The summed E-state index contributed by atoms with van der Waals surface area (Å²) in [5.41, 5.74) is -4.32. The number of hydrogen-bond donors (Lipinski definition) is 0. The van der Waals surface area contributed by atoms with E-state index in [0.29, 0.717) is 22.3 Å². The van der Waals surface area contributed by atoms with E-state index in [1.54, 1.807) is 71.1 Å². The maximum Gasteiger partial charge on any atom is 0.438 e. The molecule has 0 unspecified atom stereocenters. The molecule has 0 heterocycles. The molecule has 3 aromatic rings. The first-order valence-electron chi connectivity index (χ1n) is 10.9. The molecule has 0 aromatic heterocycles. The summed E-state index contributed by atoms with van der Waals surface area (Å²) in [6.45, 7) is 0. The van der Waals surface area contributed by atoms with E-state index in [9.17, 15) is 48.9 Å². The second-order valence-electron chi connectivity index (χ2n) is 8.58. The standard InChI is InChI=1S/C25H15F6IO7S/c26-24(27,28)23(25(29,30)31,12-40(35,36)37)39-21(33)18-10-9-13(32)11-19(18)38-22(34)20-16-7-3-1-5-14(16)15-6-2-4-8-17(15)20/h1-11,20H,12H2,(H,35,36,37)/p-1. The van der Waals surface area contributed by atoms with Gasteiger partial charge in [-0.25, -0.2) is 13.2 Å². The molecule has 0 fully saturated rings. The van der Waals surface area contributed by atoms with Gasteiger partial charge in [0, 0.05) is 3.57 Å². The smallest absolute Gasteiger partial charge is 0.438 e. The van der Waals surface area contributed by atoms with E-state index >= 15 is 0 Å². The van der Waals surface area contributed by atoms with Crippen LogP contribution in [-0.4, -0.2) is 48.6 Å². The molecule has 0 spiro atoms. The monoisotopic (exact) mass is 699 g/mol. The highest BCUT2D eigenvalue weighted by molar-refractivity contribution is 14.1. The largest absolute Gasteiger partial charge is 0.748 e. The fourth-order valence-electron chi connectivity index (χ4n) is 4.26. The fraction of sp³-hybridized carbons (Fsp3) is 0.200. The molecule has 0 saturated carbocycles. The van der Waals surface area contributed by atoms with E-state index in [0.717, 1.165) is 18.2 Å². The quantitative estimate of drug-likeness (QED) is 0.109. The summed E-state index contributed by atoms with van der Waals surface area (Å²) >= 11 is 1.69. The molecule has 1 aliphatic rings. The number of carbonyl (C=O) groups is 2. The maximum atomic E-state index is 13.7. The Morgan fingerprint density at radius 1 is 0.850 bits per heavy atom. The minimum Gasteiger partial charge on any atom is -0.748 e. The van der Waals surface area contributed by atoms with Gasteiger partial charge in [0.2, 0.25) is 0 Å². The lowest BCUT2D eigenvalue weighted by atomic mass is 9.97. The Kier molecular flexibility index (Phi) is 7.70. The summed E-state index contributed by atoms with van der Waals surface area (Å²) in [5.74, 6) is -8.29. The zero-order valence-electron chi connectivity index (χ0n) is 19.5. The van der Waals surface area contributed by atoms with Gasteiger partial charge in [-0.3, -0.25) is 4.79 Å². The zero-order valence-corrected chi connectivity index (χ0v) is 22.5. The number of hydrogen-bond acceptors (Lipinski definition) is 7. The van der Waals surface area contributed by atoms with Gasteiger partial charge in [-0.05, 0) is 63.0 Å². The van der Waals surface area contributed by atoms with E-state index in [1.165, 1.54) is 0 Å². The van der Waals surface area contributed by atoms with Crippen LogP contribution in [0.15, 0.2) is 66.7 Å². The van der Waals surface area contributed by atoms with Crippen molar-refractivity contribution in [2.45, 2.75) is 23.9 Å². The van der Waals surface area contributed by atoms with Crippen molar-refractivity contribution < 1.29 is 58.4 Å². The molecule has 0 amide bonds. The van der Waals surface area contributed by atoms with Crippen LogP contribution in [0.25, 0.3) is 11.1 Å². The van der Waals surface area contributed by atoms with Crippen molar-refractivity contribution in [2.75, 3.05) is 5.75 Å². The Morgan fingerprint density at radius 3 is 1.82 bits per heavy atom. The van der Waals surface area contributed by atoms with Gasteiger partial charge in [0.1, 0.15) is 17.2 Å². The van der Waals surface area contributed by atoms with Crippen LogP contribution < -0.4 is 4.74 Å². The third kappa shape index (κ3) is 5.54. The number of carbonyl (C=O) groups excluding carboxylic acids is 2. The Morgan fingerprint density at radius 2 is 1.35 bits per heavy atom. The zero-order chi connectivity index (χ0) is 29.7. The first-order valence-corrected chi connectivity index (χ1v) is 13.6. The molecule has 15 heteroatoms. The van der Waals surface area contributed by atoms with Gasteiger partial charge in [-0.15, -0.1) is 0 Å². The van der Waals surface area contributed by atoms with Gasteiger partial charge < -0.3 is 14.0 Å². The van der Waals surface area contributed by atoms with Crippen molar-refractivity contribution in [1.29, 1.82) is 0 Å². The maximum absolute atomic E-state index is 13.7. The van der Waals surface area contributed by atoms with Crippen LogP contribution in [-0.2, 0) is 19.6 Å². The Bertz CT molecular complexity index is 1540. The second-order valence-corrected chi connectivity index (χ2v) is 11.2. The van der Waals surface area contributed by atoms with Gasteiger partial charge in [0.05, 0.1) is 15.9 Å². The van der Waals surface area contributed by atoms with E-state index in [1.807, 2.05) is 0 Å². The lowest BCUT2D eigenvalue weighted by Crippen LogP contribution is -2.63. The van der Waals surface area contributed by atoms with Crippen LogP contribution in [0.1, 0.15) is 27.4 Å². The van der Waals surface area contributed by atoms with Crippen LogP contribution in [0.2, 0.25) is 0 Å². The molecule has 0 saturated heterocycles. The highest BCUT2D eigenvalue weighted by atomic mass is 127. The topological polar surface area (TPSA) is 110 Å². The number of halogens is 7. The number of fused-ring (bicyclic) bond motifs is 3. The molecule has 0 aliphatic heterocycles. The Hall–Kier alpha value is -3.18. The summed E-state index contributed by atoms with van der Waals surface area (Å²) < 4.78 is 124. The lowest BCUT2D eigenvalue weighted by molar-refractivity contribution is -0.356. The predicted octanol–water partition coefficient (Wildman–Crippen LogP) is 5.57. The minimum atomic E-state index is -6.56. The Balaban J connectivity index is 1.74. The Labute approximate surface area is 236 Å². The van der Waals surface area contributed by atoms with Crippen molar-refractivity contribution in [1.82, 2.24) is 0 Å². The predicted molar refractivity (Wildman–Crippen MR) is 133 cm³/mol. The molecule has 0 N–H and O–H groups in total. The van der Waals surface area contributed by atoms with Gasteiger partial charge in [-0.2, -0.15) is 26.3 Å². The van der Waals surface area contributed by atoms with Crippen LogP contribution >= 0.6 is 22.6 Å². The highest BCUT2D eigenvalue weighted by Gasteiger charge is 2.75. The lowest BCUT2D eigenvalue weighted by Gasteiger charge is -2.37. The molecule has 0 atom stereocenters. The third-order valence-electron chi connectivity index (χ3n) is 6.01. The highest BCUT2D eigenvalue weighted by Crippen LogP contribution is 2.48. The van der Waals surface area contributed by atoms with Gasteiger partial charge in [-0.1, -0.05) is 48.5 Å². The first kappa shape index (κ1) is 29.8. The van der Waals surface area contributed by atoms with Crippen molar-refractivity contribution in [3.05, 3.63) is 87.0 Å². The number of rotatable bonds is 6. The number of ether oxygens (including phenoxy) is 2. The number of benzene rings is 3. The molecule has 0 bridgehead atoms. The molecule has 4 rings (SSSR count). The second kappa shape index (κ2) is 10.3. The molecule has 3 aromatic carbocycles. The normalized spacial score (nSPS) is 13.9. The van der Waals surface area contributed by atoms with Crippen molar-refractivity contribution >= 4 is 44.6 Å². The summed E-state index contributed by atoms with van der Waals surface area (Å²) in [6, 6.07) is 16.4. The molecule has 212 valence electrons. The first-order chi connectivity index (χ1) is 18.5. The molecular formula is C25H14F6IO7S-. The molecule has 40 heavy (non-hydrogen) atoms. The van der Waals surface area contributed by atoms with E-state index in [4.69, 9.17) is 4.74 Å². The summed E-state index contributed by atoms with van der Waals surface area (Å²) in [4.78, 5) is 26.1. The SMILES string of the molecule is O=C(OC(CS(=O)(=O)[O-])(C(F)(F)F)C(F)(F)F)c1ccc(I)cc1OC(=O)C1c2ccccc2-c2ccccc21. The fourth-order valence-corrected chi connectivity index (χ4v) is 5.60. The van der Waals surface area contributed by atoms with Gasteiger partial charge in [0.15, 0.2) is 0 Å². The molecular weight excluding hydrogens is 685 g/mol. The van der Waals surface area contributed by atoms with E-state index in [-0.39, 0.29) is 3.57 Å². The van der Waals surface area contributed by atoms with Gasteiger partial charge >= 0.3 is 29.9 Å². The van der Waals surface area contributed by atoms with Gasteiger partial charge in [0.25, 0.3) is 0 Å². The van der Waals surface area contributed by atoms with Crippen molar-refractivity contribution in [3.63, 3.8) is 0 Å². The summed E-state index contributed by atoms with van der Waals surface area (Å²) in [7, 11) is -6.23. The molecule has 0 radical (unpaired) electrons. The van der Waals surface area contributed by atoms with Crippen LogP contribution in [0.4, 0.5) is 26.3 Å². The van der Waals surface area contributed by atoms with E-state index < -0.39 is 63.0 Å². The van der Waals surface area contributed by atoms with Crippen LogP contribution in [0.3, 0.4) is 0 Å².